The minimum atomic E-state index is -0.186. The number of rotatable bonds is 5. The van der Waals surface area contributed by atoms with Gasteiger partial charge in [-0.05, 0) is 30.3 Å². The molecule has 0 saturated carbocycles. The van der Waals surface area contributed by atoms with Crippen LogP contribution in [0.25, 0.3) is 22.1 Å². The maximum absolute atomic E-state index is 12.7. The van der Waals surface area contributed by atoms with Crippen LogP contribution in [0.15, 0.2) is 39.8 Å². The molecule has 1 saturated heterocycles. The van der Waals surface area contributed by atoms with E-state index in [2.05, 4.69) is 27.0 Å². The molecule has 1 aliphatic rings. The summed E-state index contributed by atoms with van der Waals surface area (Å²) in [5, 5.41) is 3.26. The second kappa shape index (κ2) is 8.41. The van der Waals surface area contributed by atoms with Crippen LogP contribution in [-0.2, 0) is 18.4 Å². The Labute approximate surface area is 175 Å². The molecule has 158 valence electrons. The smallest absolute Gasteiger partial charge is 0.261 e. The van der Waals surface area contributed by atoms with Gasteiger partial charge in [-0.1, -0.05) is 6.92 Å². The zero-order valence-electron chi connectivity index (χ0n) is 17.6. The molecule has 1 amide bonds. The Morgan fingerprint density at radius 3 is 2.63 bits per heavy atom. The zero-order chi connectivity index (χ0) is 21.3. The summed E-state index contributed by atoms with van der Waals surface area (Å²) in [7, 11) is 1.73. The Morgan fingerprint density at radius 1 is 1.20 bits per heavy atom. The van der Waals surface area contributed by atoms with Crippen LogP contribution < -0.4 is 10.9 Å². The van der Waals surface area contributed by atoms with Crippen molar-refractivity contribution in [2.24, 2.45) is 7.05 Å². The number of carbonyl (C=O) groups excluding carboxylic acids is 1. The largest absolute Gasteiger partial charge is 0.459 e. The van der Waals surface area contributed by atoms with Crippen molar-refractivity contribution >= 4 is 22.7 Å². The van der Waals surface area contributed by atoms with Crippen LogP contribution in [0.2, 0.25) is 0 Å². The number of likely N-dealkylation sites (N-methyl/N-ethyl adjacent to an activating group) is 1. The number of amides is 1. The highest BCUT2D eigenvalue weighted by molar-refractivity contribution is 5.93. The topological polar surface area (TPSA) is 83.6 Å². The van der Waals surface area contributed by atoms with Crippen molar-refractivity contribution in [2.75, 3.05) is 38.0 Å². The minimum Gasteiger partial charge on any atom is -0.459 e. The van der Waals surface area contributed by atoms with E-state index in [4.69, 9.17) is 4.42 Å². The number of anilines is 1. The fourth-order valence-corrected chi connectivity index (χ4v) is 3.92. The third kappa shape index (κ3) is 4.15. The zero-order valence-corrected chi connectivity index (χ0v) is 17.6. The minimum absolute atomic E-state index is 0.0873. The first-order chi connectivity index (χ1) is 14.4. The number of nitrogens with one attached hydrogen (secondary N) is 1. The van der Waals surface area contributed by atoms with Gasteiger partial charge >= 0.3 is 0 Å². The lowest BCUT2D eigenvalue weighted by Crippen LogP contribution is -2.45. The lowest BCUT2D eigenvalue weighted by Gasteiger charge is -2.33. The van der Waals surface area contributed by atoms with E-state index in [1.807, 2.05) is 12.1 Å². The number of pyridine rings is 2. The van der Waals surface area contributed by atoms with Gasteiger partial charge in [0, 0.05) is 58.1 Å². The normalized spacial score (nSPS) is 15.6. The number of nitrogens with zero attached hydrogens (tertiary/aromatic N) is 4. The van der Waals surface area contributed by atoms with Gasteiger partial charge in [-0.3, -0.25) is 14.5 Å². The van der Waals surface area contributed by atoms with E-state index < -0.39 is 0 Å². The monoisotopic (exact) mass is 409 g/mol. The van der Waals surface area contributed by atoms with Crippen molar-refractivity contribution in [3.8, 4) is 11.1 Å². The Balaban J connectivity index is 1.69. The van der Waals surface area contributed by atoms with Crippen LogP contribution in [0.3, 0.4) is 0 Å². The first-order valence-electron chi connectivity index (χ1n) is 10.3. The third-order valence-electron chi connectivity index (χ3n) is 5.57. The van der Waals surface area contributed by atoms with Crippen LogP contribution in [-0.4, -0.2) is 58.0 Å². The van der Waals surface area contributed by atoms with Crippen LogP contribution in [0.1, 0.15) is 19.6 Å². The van der Waals surface area contributed by atoms with Gasteiger partial charge in [0.1, 0.15) is 17.2 Å². The number of piperazine rings is 1. The molecule has 4 rings (SSSR count). The van der Waals surface area contributed by atoms with Crippen LogP contribution >= 0.6 is 0 Å². The van der Waals surface area contributed by atoms with E-state index in [1.54, 1.807) is 30.1 Å². The molecule has 0 aromatic carbocycles. The molecule has 0 bridgehead atoms. The average molecular weight is 409 g/mol. The quantitative estimate of drug-likeness (QED) is 0.696. The lowest BCUT2D eigenvalue weighted by molar-refractivity contribution is -0.114. The second-order valence-corrected chi connectivity index (χ2v) is 7.74. The van der Waals surface area contributed by atoms with Gasteiger partial charge in [0.25, 0.3) is 5.56 Å². The summed E-state index contributed by atoms with van der Waals surface area (Å²) in [6.45, 7) is 9.45. The molecule has 0 radical (unpaired) electrons. The fraction of sp³-hybridized carbons (Fsp3) is 0.409. The van der Waals surface area contributed by atoms with Gasteiger partial charge in [-0.2, -0.15) is 0 Å². The highest BCUT2D eigenvalue weighted by atomic mass is 16.3. The summed E-state index contributed by atoms with van der Waals surface area (Å²) in [6, 6.07) is 5.49. The van der Waals surface area contributed by atoms with Crippen molar-refractivity contribution in [2.45, 2.75) is 20.4 Å². The Hall–Kier alpha value is -2.97. The Morgan fingerprint density at radius 2 is 1.93 bits per heavy atom. The first-order valence-corrected chi connectivity index (χ1v) is 10.3. The van der Waals surface area contributed by atoms with Crippen molar-refractivity contribution in [3.05, 3.63) is 46.7 Å². The van der Waals surface area contributed by atoms with Gasteiger partial charge in [0.05, 0.1) is 11.9 Å². The second-order valence-electron chi connectivity index (χ2n) is 7.74. The predicted octanol–water partition coefficient (Wildman–Crippen LogP) is 2.29. The molecule has 0 spiro atoms. The first kappa shape index (κ1) is 20.3. The number of hydrogen-bond acceptors (Lipinski definition) is 6. The summed E-state index contributed by atoms with van der Waals surface area (Å²) >= 11 is 0. The van der Waals surface area contributed by atoms with E-state index in [9.17, 15) is 9.59 Å². The van der Waals surface area contributed by atoms with Crippen LogP contribution in [0, 0.1) is 0 Å². The van der Waals surface area contributed by atoms with E-state index in [0.717, 1.165) is 49.6 Å². The summed E-state index contributed by atoms with van der Waals surface area (Å²) < 4.78 is 7.75. The molecular weight excluding hydrogens is 382 g/mol. The average Bonchev–Trinajstić information content (AvgIpc) is 3.15. The Bertz CT molecular complexity index is 1130. The van der Waals surface area contributed by atoms with Gasteiger partial charge in [-0.25, -0.2) is 4.98 Å². The van der Waals surface area contributed by atoms with Crippen LogP contribution in [0.5, 0.6) is 0 Å². The van der Waals surface area contributed by atoms with E-state index >= 15 is 0 Å². The van der Waals surface area contributed by atoms with E-state index in [0.29, 0.717) is 23.3 Å². The molecule has 1 aliphatic heterocycles. The molecule has 1 fully saturated rings. The SMILES string of the molecule is CCN1CCN(Cc2cc3c(=O)n(C)cc(-c4ccnc(NC(C)=O)c4)c3o2)CC1. The summed E-state index contributed by atoms with van der Waals surface area (Å²) in [5.74, 6) is 1.06. The van der Waals surface area contributed by atoms with Crippen molar-refractivity contribution in [1.82, 2.24) is 19.4 Å². The Kier molecular flexibility index (Phi) is 5.69. The molecule has 0 atom stereocenters. The summed E-state index contributed by atoms with van der Waals surface area (Å²) in [5.41, 5.74) is 2.10. The number of hydrogen-bond donors (Lipinski definition) is 1. The number of carbonyl (C=O) groups is 1. The number of fused-ring (bicyclic) bond motifs is 1. The van der Waals surface area contributed by atoms with E-state index in [1.165, 1.54) is 6.92 Å². The maximum atomic E-state index is 12.7. The molecule has 8 heteroatoms. The molecule has 8 nitrogen and oxygen atoms in total. The lowest BCUT2D eigenvalue weighted by atomic mass is 10.1. The molecule has 0 unspecified atom stereocenters. The fourth-order valence-electron chi connectivity index (χ4n) is 3.92. The molecule has 30 heavy (non-hydrogen) atoms. The van der Waals surface area contributed by atoms with Gasteiger partial charge in [-0.15, -0.1) is 0 Å². The van der Waals surface area contributed by atoms with E-state index in [-0.39, 0.29) is 11.5 Å². The number of furan rings is 1. The third-order valence-corrected chi connectivity index (χ3v) is 5.57. The van der Waals surface area contributed by atoms with Crippen molar-refractivity contribution < 1.29 is 9.21 Å². The standard InChI is InChI=1S/C22H27N5O3/c1-4-26-7-9-27(10-8-26)13-17-12-18-21(30-17)19(14-25(3)22(18)29)16-5-6-23-20(11-16)24-15(2)28/h5-6,11-12,14H,4,7-10,13H2,1-3H3,(H,23,24,28). The number of aromatic nitrogens is 2. The van der Waals surface area contributed by atoms with Crippen molar-refractivity contribution in [3.63, 3.8) is 0 Å². The van der Waals surface area contributed by atoms with Gasteiger partial charge < -0.3 is 19.2 Å². The molecular formula is C22H27N5O3. The molecule has 3 aromatic rings. The van der Waals surface area contributed by atoms with Gasteiger partial charge in [0.2, 0.25) is 5.91 Å². The summed E-state index contributed by atoms with van der Waals surface area (Å²) in [4.78, 5) is 33.1. The van der Waals surface area contributed by atoms with Crippen LogP contribution in [0.4, 0.5) is 5.82 Å². The number of aryl methyl sites for hydroxylation is 1. The van der Waals surface area contributed by atoms with Gasteiger partial charge in [0.15, 0.2) is 0 Å². The van der Waals surface area contributed by atoms with Crippen molar-refractivity contribution in [1.29, 1.82) is 0 Å². The highest BCUT2D eigenvalue weighted by Gasteiger charge is 2.20. The highest BCUT2D eigenvalue weighted by Crippen LogP contribution is 2.30. The maximum Gasteiger partial charge on any atom is 0.261 e. The predicted molar refractivity (Wildman–Crippen MR) is 116 cm³/mol. The molecule has 4 heterocycles. The molecule has 3 aromatic heterocycles. The molecule has 1 N–H and O–H groups in total. The molecule has 0 aliphatic carbocycles. The summed E-state index contributed by atoms with van der Waals surface area (Å²) in [6.07, 6.45) is 3.40.